The zero-order chi connectivity index (χ0) is 15.2. The summed E-state index contributed by atoms with van der Waals surface area (Å²) in [5.74, 6) is 0.0866. The molecule has 0 spiro atoms. The molecule has 1 rings (SSSR count). The largest absolute Gasteiger partial charge is 0.356 e. The van der Waals surface area contributed by atoms with Crippen molar-refractivity contribution in [2.24, 2.45) is 5.41 Å². The number of amides is 2. The lowest BCUT2D eigenvalue weighted by Crippen LogP contribution is -2.28. The van der Waals surface area contributed by atoms with Gasteiger partial charge in [0.25, 0.3) is 5.91 Å². The number of carbonyl (C=O) groups excluding carboxylic acids is 2. The first-order valence-corrected chi connectivity index (χ1v) is 7.25. The lowest BCUT2D eigenvalue weighted by atomic mass is 9.92. The van der Waals surface area contributed by atoms with Crippen LogP contribution in [-0.4, -0.2) is 29.8 Å². The second kappa shape index (κ2) is 7.27. The van der Waals surface area contributed by atoms with Crippen molar-refractivity contribution in [2.75, 3.05) is 13.1 Å². The first-order valence-electron chi connectivity index (χ1n) is 7.25. The first kappa shape index (κ1) is 16.5. The van der Waals surface area contributed by atoms with Crippen LogP contribution in [0.25, 0.3) is 0 Å². The van der Waals surface area contributed by atoms with Gasteiger partial charge in [0.05, 0.1) is 0 Å². The molecule has 0 aliphatic carbocycles. The van der Waals surface area contributed by atoms with Crippen LogP contribution in [0, 0.1) is 5.41 Å². The van der Waals surface area contributed by atoms with Crippen LogP contribution in [0.3, 0.4) is 0 Å². The molecule has 0 unspecified atom stereocenters. The number of unbranched alkanes of at least 4 members (excludes halogenated alkanes) is 1. The molecule has 0 radical (unpaired) electrons. The van der Waals surface area contributed by atoms with E-state index in [1.165, 1.54) is 6.08 Å². The Kier molecular flexibility index (Phi) is 5.99. The molecule has 0 bridgehead atoms. The third-order valence-corrected chi connectivity index (χ3v) is 3.26. The van der Waals surface area contributed by atoms with Gasteiger partial charge < -0.3 is 10.2 Å². The first-order chi connectivity index (χ1) is 9.29. The molecule has 4 heteroatoms. The SMILES string of the molecule is C=C1C=CC(=O)N1CCCCC(=O)NCCC(C)(C)C. The molecule has 0 aromatic rings. The van der Waals surface area contributed by atoms with Crippen LogP contribution in [0.1, 0.15) is 46.5 Å². The number of nitrogens with zero attached hydrogens (tertiary/aromatic N) is 1. The van der Waals surface area contributed by atoms with Crippen molar-refractivity contribution in [3.05, 3.63) is 24.4 Å². The van der Waals surface area contributed by atoms with Crippen molar-refractivity contribution in [3.8, 4) is 0 Å². The highest BCUT2D eigenvalue weighted by atomic mass is 16.2. The molecule has 4 nitrogen and oxygen atoms in total. The summed E-state index contributed by atoms with van der Waals surface area (Å²) in [5, 5.41) is 2.94. The third kappa shape index (κ3) is 6.04. The molecule has 112 valence electrons. The summed E-state index contributed by atoms with van der Waals surface area (Å²) in [7, 11) is 0. The van der Waals surface area contributed by atoms with Gasteiger partial charge in [0.15, 0.2) is 0 Å². The minimum atomic E-state index is -0.00960. The van der Waals surface area contributed by atoms with Crippen LogP contribution < -0.4 is 5.32 Å². The van der Waals surface area contributed by atoms with Gasteiger partial charge in [0.2, 0.25) is 5.91 Å². The topological polar surface area (TPSA) is 49.4 Å². The van der Waals surface area contributed by atoms with Crippen LogP contribution in [0.5, 0.6) is 0 Å². The highest BCUT2D eigenvalue weighted by Crippen LogP contribution is 2.17. The second-order valence-corrected chi connectivity index (χ2v) is 6.43. The van der Waals surface area contributed by atoms with E-state index in [2.05, 4.69) is 32.7 Å². The van der Waals surface area contributed by atoms with E-state index in [1.54, 1.807) is 11.0 Å². The third-order valence-electron chi connectivity index (χ3n) is 3.26. The Morgan fingerprint density at radius 3 is 2.55 bits per heavy atom. The van der Waals surface area contributed by atoms with Gasteiger partial charge in [-0.25, -0.2) is 0 Å². The molecular formula is C16H26N2O2. The van der Waals surface area contributed by atoms with E-state index in [-0.39, 0.29) is 17.2 Å². The average Bonchev–Trinajstić information content (AvgIpc) is 2.64. The van der Waals surface area contributed by atoms with Gasteiger partial charge in [-0.2, -0.15) is 0 Å². The Bertz CT molecular complexity index is 387. The van der Waals surface area contributed by atoms with Crippen molar-refractivity contribution >= 4 is 11.8 Å². The van der Waals surface area contributed by atoms with Crippen LogP contribution in [0.15, 0.2) is 24.4 Å². The Hall–Kier alpha value is -1.58. The molecule has 1 heterocycles. The highest BCUT2D eigenvalue weighted by molar-refractivity contribution is 5.92. The number of hydrogen-bond acceptors (Lipinski definition) is 2. The Morgan fingerprint density at radius 1 is 1.30 bits per heavy atom. The van der Waals surface area contributed by atoms with Gasteiger partial charge in [-0.15, -0.1) is 0 Å². The maximum Gasteiger partial charge on any atom is 0.251 e. The van der Waals surface area contributed by atoms with Gasteiger partial charge in [-0.05, 0) is 30.8 Å². The fraction of sp³-hybridized carbons (Fsp3) is 0.625. The van der Waals surface area contributed by atoms with Crippen molar-refractivity contribution in [2.45, 2.75) is 46.5 Å². The van der Waals surface area contributed by atoms with E-state index in [4.69, 9.17) is 0 Å². The summed E-state index contributed by atoms with van der Waals surface area (Å²) in [6.45, 7) is 11.7. The fourth-order valence-corrected chi connectivity index (χ4v) is 1.96. The average molecular weight is 278 g/mol. The van der Waals surface area contributed by atoms with Crippen LogP contribution >= 0.6 is 0 Å². The van der Waals surface area contributed by atoms with E-state index in [9.17, 15) is 9.59 Å². The molecule has 2 amide bonds. The van der Waals surface area contributed by atoms with E-state index >= 15 is 0 Å². The molecule has 1 aliphatic rings. The summed E-state index contributed by atoms with van der Waals surface area (Å²) in [5.41, 5.74) is 0.987. The van der Waals surface area contributed by atoms with Crippen molar-refractivity contribution in [3.63, 3.8) is 0 Å². The fourth-order valence-electron chi connectivity index (χ4n) is 1.96. The zero-order valence-electron chi connectivity index (χ0n) is 12.9. The molecule has 1 aliphatic heterocycles. The van der Waals surface area contributed by atoms with E-state index in [0.717, 1.165) is 31.5 Å². The van der Waals surface area contributed by atoms with Gasteiger partial charge in [-0.3, -0.25) is 9.59 Å². The van der Waals surface area contributed by atoms with Gasteiger partial charge in [0, 0.05) is 31.3 Å². The van der Waals surface area contributed by atoms with Gasteiger partial charge >= 0.3 is 0 Å². The Balaban J connectivity index is 2.08. The monoisotopic (exact) mass is 278 g/mol. The van der Waals surface area contributed by atoms with Gasteiger partial charge in [0.1, 0.15) is 0 Å². The van der Waals surface area contributed by atoms with Crippen molar-refractivity contribution in [1.82, 2.24) is 10.2 Å². The molecule has 0 fully saturated rings. The molecule has 0 aromatic carbocycles. The predicted octanol–water partition coefficient (Wildman–Crippen LogP) is 2.62. The molecule has 20 heavy (non-hydrogen) atoms. The maximum atomic E-state index is 11.6. The molecule has 1 N–H and O–H groups in total. The number of carbonyl (C=O) groups is 2. The Labute approximate surface area is 121 Å². The standard InChI is InChI=1S/C16H26N2O2/c1-13-8-9-15(20)18(13)12-6-5-7-14(19)17-11-10-16(2,3)4/h8-9H,1,5-7,10-12H2,2-4H3,(H,17,19). The van der Waals surface area contributed by atoms with E-state index in [1.807, 2.05) is 0 Å². The number of rotatable bonds is 7. The van der Waals surface area contributed by atoms with Crippen LogP contribution in [-0.2, 0) is 9.59 Å². The minimum absolute atomic E-state index is 0.00960. The van der Waals surface area contributed by atoms with Crippen LogP contribution in [0.4, 0.5) is 0 Å². The summed E-state index contributed by atoms with van der Waals surface area (Å²) < 4.78 is 0. The van der Waals surface area contributed by atoms with Gasteiger partial charge in [-0.1, -0.05) is 27.4 Å². The van der Waals surface area contributed by atoms with Crippen molar-refractivity contribution < 1.29 is 9.59 Å². The summed E-state index contributed by atoms with van der Waals surface area (Å²) in [6.07, 6.45) is 6.36. The highest BCUT2D eigenvalue weighted by Gasteiger charge is 2.17. The smallest absolute Gasteiger partial charge is 0.251 e. The quantitative estimate of drug-likeness (QED) is 0.728. The summed E-state index contributed by atoms with van der Waals surface area (Å²) in [4.78, 5) is 24.7. The molecule has 0 atom stereocenters. The predicted molar refractivity (Wildman–Crippen MR) is 80.9 cm³/mol. The molecular weight excluding hydrogens is 252 g/mol. The maximum absolute atomic E-state index is 11.6. The summed E-state index contributed by atoms with van der Waals surface area (Å²) in [6, 6.07) is 0. The Morgan fingerprint density at radius 2 is 2.00 bits per heavy atom. The lowest BCUT2D eigenvalue weighted by molar-refractivity contribution is -0.123. The van der Waals surface area contributed by atoms with E-state index < -0.39 is 0 Å². The zero-order valence-corrected chi connectivity index (χ0v) is 12.9. The number of hydrogen-bond donors (Lipinski definition) is 1. The minimum Gasteiger partial charge on any atom is -0.356 e. The molecule has 0 aromatic heterocycles. The van der Waals surface area contributed by atoms with Crippen LogP contribution in [0.2, 0.25) is 0 Å². The molecule has 0 saturated carbocycles. The number of allylic oxidation sites excluding steroid dienone is 1. The normalized spacial score (nSPS) is 15.1. The second-order valence-electron chi connectivity index (χ2n) is 6.43. The molecule has 0 saturated heterocycles. The summed E-state index contributed by atoms with van der Waals surface area (Å²) >= 11 is 0. The number of nitrogens with one attached hydrogen (secondary N) is 1. The van der Waals surface area contributed by atoms with Crippen molar-refractivity contribution in [1.29, 1.82) is 0 Å². The van der Waals surface area contributed by atoms with E-state index in [0.29, 0.717) is 13.0 Å². The lowest BCUT2D eigenvalue weighted by Gasteiger charge is -2.18.